The molecule has 0 aliphatic rings. The summed E-state index contributed by atoms with van der Waals surface area (Å²) in [5, 5.41) is 0. The van der Waals surface area contributed by atoms with Gasteiger partial charge in [0.25, 0.3) is 0 Å². The van der Waals surface area contributed by atoms with E-state index in [0.29, 0.717) is 23.6 Å². The molecular formula is C15H17F3N2O. The van der Waals surface area contributed by atoms with E-state index >= 15 is 0 Å². The van der Waals surface area contributed by atoms with Gasteiger partial charge in [-0.3, -0.25) is 4.57 Å². The molecule has 2 aromatic rings. The van der Waals surface area contributed by atoms with Gasteiger partial charge in [-0.25, -0.2) is 4.79 Å². The van der Waals surface area contributed by atoms with Crippen molar-refractivity contribution >= 4 is 0 Å². The van der Waals surface area contributed by atoms with Gasteiger partial charge in [-0.05, 0) is 30.9 Å². The number of hydrogen-bond donors (Lipinski definition) is 1. The van der Waals surface area contributed by atoms with Crippen LogP contribution in [-0.2, 0) is 12.6 Å². The van der Waals surface area contributed by atoms with E-state index in [1.54, 1.807) is 13.0 Å². The van der Waals surface area contributed by atoms with Crippen LogP contribution < -0.4 is 5.69 Å². The molecule has 6 heteroatoms. The Morgan fingerprint density at radius 1 is 1.29 bits per heavy atom. The maximum absolute atomic E-state index is 13.1. The van der Waals surface area contributed by atoms with Crippen molar-refractivity contribution in [3.8, 4) is 5.69 Å². The van der Waals surface area contributed by atoms with E-state index in [0.717, 1.165) is 10.6 Å². The van der Waals surface area contributed by atoms with Gasteiger partial charge in [0.1, 0.15) is 0 Å². The average Bonchev–Trinajstić information content (AvgIpc) is 2.67. The Morgan fingerprint density at radius 3 is 2.52 bits per heavy atom. The third-order valence-electron chi connectivity index (χ3n) is 3.18. The van der Waals surface area contributed by atoms with Crippen molar-refractivity contribution in [1.29, 1.82) is 0 Å². The lowest BCUT2D eigenvalue weighted by molar-refractivity contribution is -0.137. The highest BCUT2D eigenvalue weighted by Crippen LogP contribution is 2.34. The third-order valence-corrected chi connectivity index (χ3v) is 3.18. The summed E-state index contributed by atoms with van der Waals surface area (Å²) >= 11 is 0. The predicted molar refractivity (Wildman–Crippen MR) is 74.7 cm³/mol. The van der Waals surface area contributed by atoms with Crippen LogP contribution in [0, 0.1) is 12.8 Å². The quantitative estimate of drug-likeness (QED) is 0.922. The van der Waals surface area contributed by atoms with E-state index in [1.807, 2.05) is 13.8 Å². The molecule has 0 radical (unpaired) electrons. The fourth-order valence-corrected chi connectivity index (χ4v) is 2.36. The van der Waals surface area contributed by atoms with Crippen LogP contribution in [0.5, 0.6) is 0 Å². The Hall–Kier alpha value is -1.98. The first-order valence-corrected chi connectivity index (χ1v) is 6.68. The molecule has 114 valence electrons. The summed E-state index contributed by atoms with van der Waals surface area (Å²) in [7, 11) is 0. The molecule has 0 fully saturated rings. The number of aryl methyl sites for hydroxylation is 1. The third kappa shape index (κ3) is 3.20. The normalized spacial score (nSPS) is 12.1. The van der Waals surface area contributed by atoms with Crippen LogP contribution in [0.25, 0.3) is 5.69 Å². The Bertz CT molecular complexity index is 696. The number of hydrogen-bond acceptors (Lipinski definition) is 1. The highest BCUT2D eigenvalue weighted by Gasteiger charge is 2.34. The predicted octanol–water partition coefficient (Wildman–Crippen LogP) is 3.69. The molecule has 0 unspecified atom stereocenters. The fourth-order valence-electron chi connectivity index (χ4n) is 2.36. The summed E-state index contributed by atoms with van der Waals surface area (Å²) in [6.07, 6.45) is -2.44. The number of aromatic nitrogens is 2. The lowest BCUT2D eigenvalue weighted by Crippen LogP contribution is -2.20. The zero-order valence-electron chi connectivity index (χ0n) is 12.1. The number of aromatic amines is 1. The number of imidazole rings is 1. The van der Waals surface area contributed by atoms with E-state index in [1.165, 1.54) is 12.3 Å². The molecule has 2 rings (SSSR count). The van der Waals surface area contributed by atoms with Crippen molar-refractivity contribution < 1.29 is 13.2 Å². The van der Waals surface area contributed by atoms with Crippen LogP contribution in [0.3, 0.4) is 0 Å². The van der Waals surface area contributed by atoms with Crippen molar-refractivity contribution in [1.82, 2.24) is 9.55 Å². The summed E-state index contributed by atoms with van der Waals surface area (Å²) in [6.45, 7) is 5.52. The molecule has 0 saturated heterocycles. The molecule has 0 spiro atoms. The van der Waals surface area contributed by atoms with Crippen molar-refractivity contribution in [3.05, 3.63) is 51.7 Å². The zero-order chi connectivity index (χ0) is 15.8. The number of alkyl halides is 3. The summed E-state index contributed by atoms with van der Waals surface area (Å²) in [6, 6.07) is 3.89. The number of nitrogens with zero attached hydrogens (tertiary/aromatic N) is 1. The summed E-state index contributed by atoms with van der Waals surface area (Å²) in [4.78, 5) is 14.6. The van der Waals surface area contributed by atoms with E-state index in [-0.39, 0.29) is 5.69 Å². The number of rotatable bonds is 3. The average molecular weight is 298 g/mol. The number of nitrogens with one attached hydrogen (secondary N) is 1. The first kappa shape index (κ1) is 15.4. The minimum atomic E-state index is -4.50. The first-order valence-electron chi connectivity index (χ1n) is 6.68. The summed E-state index contributed by atoms with van der Waals surface area (Å²) in [5.74, 6) is 0.301. The Kier molecular flexibility index (Phi) is 3.98. The van der Waals surface area contributed by atoms with Crippen molar-refractivity contribution in [2.24, 2.45) is 5.92 Å². The molecule has 0 saturated carbocycles. The lowest BCUT2D eigenvalue weighted by Gasteiger charge is -2.15. The topological polar surface area (TPSA) is 37.8 Å². The van der Waals surface area contributed by atoms with Gasteiger partial charge in [-0.1, -0.05) is 26.0 Å². The molecule has 0 amide bonds. The molecule has 1 aromatic carbocycles. The largest absolute Gasteiger partial charge is 0.418 e. The number of halogens is 3. The van der Waals surface area contributed by atoms with E-state index in [4.69, 9.17) is 0 Å². The molecule has 0 bridgehead atoms. The minimum Gasteiger partial charge on any atom is -0.310 e. The van der Waals surface area contributed by atoms with Gasteiger partial charge < -0.3 is 4.98 Å². The summed E-state index contributed by atoms with van der Waals surface area (Å²) in [5.41, 5.74) is -0.431. The summed E-state index contributed by atoms with van der Waals surface area (Å²) < 4.78 is 40.5. The molecule has 0 aliphatic heterocycles. The van der Waals surface area contributed by atoms with E-state index in [9.17, 15) is 18.0 Å². The van der Waals surface area contributed by atoms with Gasteiger partial charge in [-0.2, -0.15) is 13.2 Å². The van der Waals surface area contributed by atoms with Gasteiger partial charge in [0.2, 0.25) is 0 Å². The zero-order valence-corrected chi connectivity index (χ0v) is 12.1. The maximum atomic E-state index is 13.1. The molecule has 21 heavy (non-hydrogen) atoms. The number of para-hydroxylation sites is 1. The minimum absolute atomic E-state index is 0.110. The number of H-pyrrole nitrogens is 1. The molecule has 3 nitrogen and oxygen atoms in total. The SMILES string of the molecule is Cc1cccc(C(F)(F)F)c1-n1cc(CC(C)C)[nH]c1=O. The van der Waals surface area contributed by atoms with Gasteiger partial charge >= 0.3 is 11.9 Å². The highest BCUT2D eigenvalue weighted by molar-refractivity contribution is 5.49. The maximum Gasteiger partial charge on any atom is 0.418 e. The second-order valence-electron chi connectivity index (χ2n) is 5.52. The van der Waals surface area contributed by atoms with Gasteiger partial charge in [-0.15, -0.1) is 0 Å². The smallest absolute Gasteiger partial charge is 0.310 e. The molecule has 0 aliphatic carbocycles. The van der Waals surface area contributed by atoms with E-state index in [2.05, 4.69) is 4.98 Å². The second-order valence-corrected chi connectivity index (χ2v) is 5.52. The Labute approximate surface area is 120 Å². The van der Waals surface area contributed by atoms with Gasteiger partial charge in [0, 0.05) is 11.9 Å². The second kappa shape index (κ2) is 5.42. The van der Waals surface area contributed by atoms with E-state index < -0.39 is 17.4 Å². The van der Waals surface area contributed by atoms with Crippen LogP contribution in [-0.4, -0.2) is 9.55 Å². The van der Waals surface area contributed by atoms with Crippen LogP contribution in [0.2, 0.25) is 0 Å². The monoisotopic (exact) mass is 298 g/mol. The molecule has 1 heterocycles. The first-order chi connectivity index (χ1) is 9.70. The van der Waals surface area contributed by atoms with Gasteiger partial charge in [0.15, 0.2) is 0 Å². The van der Waals surface area contributed by atoms with Crippen LogP contribution in [0.1, 0.15) is 30.7 Å². The Balaban J connectivity index is 2.62. The Morgan fingerprint density at radius 2 is 1.95 bits per heavy atom. The lowest BCUT2D eigenvalue weighted by atomic mass is 10.1. The molecule has 0 atom stereocenters. The van der Waals surface area contributed by atoms with Crippen LogP contribution in [0.15, 0.2) is 29.2 Å². The standard InChI is InChI=1S/C15H17F3N2O/c1-9(2)7-11-8-20(14(21)19-11)13-10(3)5-4-6-12(13)15(16,17)18/h4-6,8-9H,7H2,1-3H3,(H,19,21). The fraction of sp³-hybridized carbons (Fsp3) is 0.400. The molecule has 1 aromatic heterocycles. The van der Waals surface area contributed by atoms with Gasteiger partial charge in [0.05, 0.1) is 11.3 Å². The van der Waals surface area contributed by atoms with Crippen molar-refractivity contribution in [2.75, 3.05) is 0 Å². The molecule has 1 N–H and O–H groups in total. The highest BCUT2D eigenvalue weighted by atomic mass is 19.4. The molecular weight excluding hydrogens is 281 g/mol. The van der Waals surface area contributed by atoms with Crippen LogP contribution >= 0.6 is 0 Å². The van der Waals surface area contributed by atoms with Crippen LogP contribution in [0.4, 0.5) is 13.2 Å². The van der Waals surface area contributed by atoms with Crippen molar-refractivity contribution in [3.63, 3.8) is 0 Å². The van der Waals surface area contributed by atoms with Crippen molar-refractivity contribution in [2.45, 2.75) is 33.4 Å². The number of benzene rings is 1.